The molecule has 0 aromatic carbocycles. The maximum atomic E-state index is 4.76. The van der Waals surface area contributed by atoms with Crippen LogP contribution in [0.3, 0.4) is 0 Å². The number of hydrogen-bond acceptors (Lipinski definition) is 2. The smallest absolute Gasteiger partial charge is 0.0628 e. The molecule has 2 atom stereocenters. The van der Waals surface area contributed by atoms with E-state index in [1.807, 2.05) is 0 Å². The molecule has 1 saturated carbocycles. The average Bonchev–Trinajstić information content (AvgIpc) is 2.64. The highest BCUT2D eigenvalue weighted by molar-refractivity contribution is 5.24. The molecule has 3 nitrogen and oxygen atoms in total. The van der Waals surface area contributed by atoms with Crippen LogP contribution in [-0.4, -0.2) is 22.9 Å². The lowest BCUT2D eigenvalue weighted by molar-refractivity contribution is 0.274. The molecule has 1 aliphatic carbocycles. The molecule has 0 radical (unpaired) electrons. The van der Waals surface area contributed by atoms with Gasteiger partial charge in [0.1, 0.15) is 0 Å². The third-order valence-electron chi connectivity index (χ3n) is 4.23. The molecule has 0 saturated heterocycles. The molecule has 0 spiro atoms. The van der Waals surface area contributed by atoms with Crippen LogP contribution in [-0.2, 0) is 6.42 Å². The quantitative estimate of drug-likeness (QED) is 0.873. The topological polar surface area (TPSA) is 29.9 Å². The summed E-state index contributed by atoms with van der Waals surface area (Å²) in [5.74, 6) is 0. The number of nitrogens with zero attached hydrogens (tertiary/aromatic N) is 2. The molecule has 2 unspecified atom stereocenters. The van der Waals surface area contributed by atoms with E-state index in [2.05, 4.69) is 37.8 Å². The molecule has 17 heavy (non-hydrogen) atoms. The lowest BCUT2D eigenvalue weighted by Crippen LogP contribution is -2.33. The van der Waals surface area contributed by atoms with Crippen molar-refractivity contribution < 1.29 is 0 Å². The Morgan fingerprint density at radius 1 is 1.35 bits per heavy atom. The first-order valence-corrected chi connectivity index (χ1v) is 6.89. The molecule has 2 rings (SSSR count). The Bertz CT molecular complexity index is 381. The summed E-state index contributed by atoms with van der Waals surface area (Å²) in [6.07, 6.45) is 6.23. The second kappa shape index (κ2) is 5.21. The van der Waals surface area contributed by atoms with Crippen LogP contribution in [0.15, 0.2) is 0 Å². The molecular formula is C14H25N3. The molecular weight excluding hydrogens is 210 g/mol. The molecule has 96 valence electrons. The van der Waals surface area contributed by atoms with E-state index in [-0.39, 0.29) is 0 Å². The van der Waals surface area contributed by atoms with Crippen molar-refractivity contribution in [3.05, 3.63) is 17.0 Å². The molecule has 0 bridgehead atoms. The first kappa shape index (κ1) is 12.6. The van der Waals surface area contributed by atoms with Gasteiger partial charge in [-0.1, -0.05) is 6.92 Å². The summed E-state index contributed by atoms with van der Waals surface area (Å²) in [7, 11) is 2.08. The zero-order chi connectivity index (χ0) is 12.4. The van der Waals surface area contributed by atoms with Crippen LogP contribution in [0.25, 0.3) is 0 Å². The summed E-state index contributed by atoms with van der Waals surface area (Å²) in [6.45, 7) is 6.58. The first-order chi connectivity index (χ1) is 8.17. The van der Waals surface area contributed by atoms with Crippen molar-refractivity contribution in [3.8, 4) is 0 Å². The first-order valence-electron chi connectivity index (χ1n) is 6.89. The van der Waals surface area contributed by atoms with E-state index in [9.17, 15) is 0 Å². The van der Waals surface area contributed by atoms with Crippen LogP contribution >= 0.6 is 0 Å². The van der Waals surface area contributed by atoms with Crippen molar-refractivity contribution >= 4 is 0 Å². The van der Waals surface area contributed by atoms with Crippen LogP contribution in [0.2, 0.25) is 0 Å². The normalized spacial score (nSPS) is 25.2. The number of aryl methyl sites for hydroxylation is 1. The summed E-state index contributed by atoms with van der Waals surface area (Å²) in [4.78, 5) is 0. The van der Waals surface area contributed by atoms with Gasteiger partial charge in [0.15, 0.2) is 0 Å². The fourth-order valence-electron chi connectivity index (χ4n) is 3.21. The monoisotopic (exact) mass is 235 g/mol. The molecule has 1 aliphatic rings. The van der Waals surface area contributed by atoms with Gasteiger partial charge < -0.3 is 5.32 Å². The minimum atomic E-state index is 0.597. The Morgan fingerprint density at radius 3 is 2.71 bits per heavy atom. The van der Waals surface area contributed by atoms with Crippen LogP contribution in [0.1, 0.15) is 55.6 Å². The maximum Gasteiger partial charge on any atom is 0.0628 e. The van der Waals surface area contributed by atoms with Crippen LogP contribution in [0, 0.1) is 13.8 Å². The highest BCUT2D eigenvalue weighted by Crippen LogP contribution is 2.30. The van der Waals surface area contributed by atoms with Crippen molar-refractivity contribution in [1.82, 2.24) is 15.1 Å². The van der Waals surface area contributed by atoms with Crippen molar-refractivity contribution in [2.75, 3.05) is 7.05 Å². The summed E-state index contributed by atoms with van der Waals surface area (Å²) >= 11 is 0. The van der Waals surface area contributed by atoms with Crippen molar-refractivity contribution in [3.63, 3.8) is 0 Å². The van der Waals surface area contributed by atoms with E-state index in [1.165, 1.54) is 42.6 Å². The third kappa shape index (κ3) is 2.39. The van der Waals surface area contributed by atoms with Gasteiger partial charge >= 0.3 is 0 Å². The van der Waals surface area contributed by atoms with Gasteiger partial charge in [-0.25, -0.2) is 0 Å². The standard InChI is InChI=1S/C14H25N3/c1-5-14-10(2)16-17(11(14)3)13-8-6-7-12(9-13)15-4/h12-13,15H,5-9H2,1-4H3. The van der Waals surface area contributed by atoms with Gasteiger partial charge in [-0.3, -0.25) is 4.68 Å². The minimum Gasteiger partial charge on any atom is -0.317 e. The molecule has 1 aromatic rings. The van der Waals surface area contributed by atoms with Crippen molar-refractivity contribution in [2.45, 2.75) is 65.0 Å². The highest BCUT2D eigenvalue weighted by atomic mass is 15.3. The SMILES string of the molecule is CCc1c(C)nn(C2CCCC(NC)C2)c1C. The predicted molar refractivity (Wildman–Crippen MR) is 71.4 cm³/mol. The highest BCUT2D eigenvalue weighted by Gasteiger charge is 2.24. The van der Waals surface area contributed by atoms with Crippen LogP contribution in [0.5, 0.6) is 0 Å². The molecule has 1 heterocycles. The summed E-state index contributed by atoms with van der Waals surface area (Å²) in [5, 5.41) is 8.18. The van der Waals surface area contributed by atoms with Gasteiger partial charge in [0.2, 0.25) is 0 Å². The molecule has 1 fully saturated rings. The summed E-state index contributed by atoms with van der Waals surface area (Å²) < 4.78 is 2.29. The predicted octanol–water partition coefficient (Wildman–Crippen LogP) is 2.77. The van der Waals surface area contributed by atoms with E-state index in [4.69, 9.17) is 5.10 Å². The Morgan fingerprint density at radius 2 is 2.12 bits per heavy atom. The van der Waals surface area contributed by atoms with E-state index < -0.39 is 0 Å². The molecule has 0 aliphatic heterocycles. The lowest BCUT2D eigenvalue weighted by Gasteiger charge is -2.30. The Hall–Kier alpha value is -0.830. The zero-order valence-corrected chi connectivity index (χ0v) is 11.6. The van der Waals surface area contributed by atoms with Gasteiger partial charge in [0, 0.05) is 11.7 Å². The number of nitrogens with one attached hydrogen (secondary N) is 1. The minimum absolute atomic E-state index is 0.597. The second-order valence-corrected chi connectivity index (χ2v) is 5.25. The van der Waals surface area contributed by atoms with Gasteiger partial charge in [0.25, 0.3) is 0 Å². The zero-order valence-electron chi connectivity index (χ0n) is 11.6. The van der Waals surface area contributed by atoms with E-state index >= 15 is 0 Å². The second-order valence-electron chi connectivity index (χ2n) is 5.25. The fourth-order valence-corrected chi connectivity index (χ4v) is 3.21. The lowest BCUT2D eigenvalue weighted by atomic mass is 9.91. The van der Waals surface area contributed by atoms with E-state index in [1.54, 1.807) is 0 Å². The van der Waals surface area contributed by atoms with Crippen molar-refractivity contribution in [2.24, 2.45) is 0 Å². The number of hydrogen-bond donors (Lipinski definition) is 1. The fraction of sp³-hybridized carbons (Fsp3) is 0.786. The largest absolute Gasteiger partial charge is 0.317 e. The van der Waals surface area contributed by atoms with E-state index in [0.29, 0.717) is 12.1 Å². The Kier molecular flexibility index (Phi) is 3.87. The summed E-state index contributed by atoms with van der Waals surface area (Å²) in [6, 6.07) is 1.27. The Balaban J connectivity index is 2.22. The third-order valence-corrected chi connectivity index (χ3v) is 4.23. The summed E-state index contributed by atoms with van der Waals surface area (Å²) in [5.41, 5.74) is 4.04. The van der Waals surface area contributed by atoms with Gasteiger partial charge in [-0.15, -0.1) is 0 Å². The van der Waals surface area contributed by atoms with Gasteiger partial charge in [0.05, 0.1) is 11.7 Å². The van der Waals surface area contributed by atoms with Crippen LogP contribution < -0.4 is 5.32 Å². The molecule has 1 N–H and O–H groups in total. The molecule has 0 amide bonds. The molecule has 3 heteroatoms. The van der Waals surface area contributed by atoms with Crippen LogP contribution in [0.4, 0.5) is 0 Å². The average molecular weight is 235 g/mol. The van der Waals surface area contributed by atoms with Gasteiger partial charge in [-0.05, 0) is 58.6 Å². The van der Waals surface area contributed by atoms with Crippen molar-refractivity contribution in [1.29, 1.82) is 0 Å². The van der Waals surface area contributed by atoms with E-state index in [0.717, 1.165) is 6.42 Å². The maximum absolute atomic E-state index is 4.76. The number of rotatable bonds is 3. The molecule has 1 aromatic heterocycles. The number of aromatic nitrogens is 2. The Labute approximate surface area is 105 Å². The van der Waals surface area contributed by atoms with Gasteiger partial charge in [-0.2, -0.15) is 5.10 Å².